The van der Waals surface area contributed by atoms with Crippen LogP contribution in [0.3, 0.4) is 0 Å². The molecule has 0 saturated heterocycles. The zero-order chi connectivity index (χ0) is 10.8. The third-order valence-electron chi connectivity index (χ3n) is 1.86. The number of halogens is 1. The van der Waals surface area contributed by atoms with Crippen LogP contribution in [-0.4, -0.2) is 17.6 Å². The number of hydrogen-bond donors (Lipinski definition) is 2. The van der Waals surface area contributed by atoms with Gasteiger partial charge in [-0.25, -0.2) is 0 Å². The molecular weight excluding hydrogens is 222 g/mol. The monoisotopic (exact) mass is 233 g/mol. The van der Waals surface area contributed by atoms with Gasteiger partial charge in [-0.05, 0) is 26.0 Å². The van der Waals surface area contributed by atoms with Crippen molar-refractivity contribution in [3.8, 4) is 0 Å². The van der Waals surface area contributed by atoms with Crippen LogP contribution in [0, 0.1) is 5.41 Å². The Labute approximate surface area is 91.7 Å². The highest BCUT2D eigenvalue weighted by Crippen LogP contribution is 2.27. The van der Waals surface area contributed by atoms with Crippen molar-refractivity contribution in [3.05, 3.63) is 16.5 Å². The van der Waals surface area contributed by atoms with E-state index in [1.807, 2.05) is 6.07 Å². The lowest BCUT2D eigenvalue weighted by Gasteiger charge is -2.19. The summed E-state index contributed by atoms with van der Waals surface area (Å²) in [5.41, 5.74) is -0.767. The Morgan fingerprint density at radius 1 is 1.64 bits per heavy atom. The fourth-order valence-corrected chi connectivity index (χ4v) is 1.73. The van der Waals surface area contributed by atoms with Crippen molar-refractivity contribution in [2.75, 3.05) is 11.9 Å². The van der Waals surface area contributed by atoms with Crippen molar-refractivity contribution in [3.63, 3.8) is 0 Å². The number of hydrogen-bond acceptors (Lipinski definition) is 3. The summed E-state index contributed by atoms with van der Waals surface area (Å²) >= 11 is 7.14. The first-order valence-corrected chi connectivity index (χ1v) is 5.34. The van der Waals surface area contributed by atoms with Gasteiger partial charge in [0.05, 0.1) is 14.8 Å². The van der Waals surface area contributed by atoms with E-state index in [1.54, 1.807) is 19.9 Å². The number of carbonyl (C=O) groups is 1. The molecule has 0 radical (unpaired) electrons. The van der Waals surface area contributed by atoms with Gasteiger partial charge >= 0.3 is 5.97 Å². The summed E-state index contributed by atoms with van der Waals surface area (Å²) in [4.78, 5) is 10.8. The van der Waals surface area contributed by atoms with Gasteiger partial charge in [0, 0.05) is 6.54 Å². The molecule has 0 unspecified atom stereocenters. The van der Waals surface area contributed by atoms with Crippen molar-refractivity contribution in [2.45, 2.75) is 13.8 Å². The van der Waals surface area contributed by atoms with E-state index in [4.69, 9.17) is 16.7 Å². The van der Waals surface area contributed by atoms with Crippen molar-refractivity contribution in [2.24, 2.45) is 5.41 Å². The minimum Gasteiger partial charge on any atom is -0.481 e. The fourth-order valence-electron chi connectivity index (χ4n) is 0.793. The molecule has 0 saturated carbocycles. The zero-order valence-electron chi connectivity index (χ0n) is 8.00. The second-order valence-corrected chi connectivity index (χ2v) is 5.36. The van der Waals surface area contributed by atoms with Gasteiger partial charge in [-0.1, -0.05) is 11.6 Å². The lowest BCUT2D eigenvalue weighted by molar-refractivity contribution is -0.146. The molecule has 1 heterocycles. The quantitative estimate of drug-likeness (QED) is 0.841. The van der Waals surface area contributed by atoms with E-state index in [0.717, 1.165) is 5.00 Å². The van der Waals surface area contributed by atoms with Gasteiger partial charge in [0.15, 0.2) is 0 Å². The Morgan fingerprint density at radius 2 is 2.29 bits per heavy atom. The average molecular weight is 234 g/mol. The first-order valence-electron chi connectivity index (χ1n) is 4.14. The molecule has 78 valence electrons. The Morgan fingerprint density at radius 3 is 2.71 bits per heavy atom. The van der Waals surface area contributed by atoms with Crippen molar-refractivity contribution >= 4 is 33.9 Å². The molecule has 0 bridgehead atoms. The molecule has 5 heteroatoms. The summed E-state index contributed by atoms with van der Waals surface area (Å²) in [5.74, 6) is -0.812. The Balaban J connectivity index is 2.52. The molecule has 0 aromatic carbocycles. The van der Waals surface area contributed by atoms with Gasteiger partial charge in [0.25, 0.3) is 0 Å². The van der Waals surface area contributed by atoms with Crippen LogP contribution in [0.4, 0.5) is 5.00 Å². The molecule has 2 N–H and O–H groups in total. The van der Waals surface area contributed by atoms with Gasteiger partial charge < -0.3 is 10.4 Å². The van der Waals surface area contributed by atoms with Gasteiger partial charge in [-0.2, -0.15) is 0 Å². The lowest BCUT2D eigenvalue weighted by Crippen LogP contribution is -2.31. The summed E-state index contributed by atoms with van der Waals surface area (Å²) < 4.78 is 0.695. The molecule has 0 aliphatic rings. The molecule has 0 aliphatic heterocycles. The maximum absolute atomic E-state index is 10.8. The molecule has 0 amide bonds. The summed E-state index contributed by atoms with van der Waals surface area (Å²) in [6.45, 7) is 3.74. The molecule has 1 aromatic heterocycles. The Kier molecular flexibility index (Phi) is 3.39. The maximum Gasteiger partial charge on any atom is 0.310 e. The maximum atomic E-state index is 10.8. The molecule has 1 aromatic rings. The largest absolute Gasteiger partial charge is 0.481 e. The highest BCUT2D eigenvalue weighted by atomic mass is 35.5. The van der Waals surface area contributed by atoms with Crippen LogP contribution in [0.25, 0.3) is 0 Å². The summed E-state index contributed by atoms with van der Waals surface area (Å²) in [5, 5.41) is 12.8. The van der Waals surface area contributed by atoms with Crippen molar-refractivity contribution in [1.82, 2.24) is 0 Å². The van der Waals surface area contributed by atoms with Gasteiger partial charge in [-0.3, -0.25) is 4.79 Å². The summed E-state index contributed by atoms with van der Waals surface area (Å²) in [6, 6.07) is 3.62. The summed E-state index contributed by atoms with van der Waals surface area (Å²) in [7, 11) is 0. The number of anilines is 1. The van der Waals surface area contributed by atoms with Crippen LogP contribution in [0.1, 0.15) is 13.8 Å². The zero-order valence-corrected chi connectivity index (χ0v) is 9.58. The molecule has 0 aliphatic carbocycles. The smallest absolute Gasteiger partial charge is 0.310 e. The number of thiophene rings is 1. The van der Waals surface area contributed by atoms with Crippen LogP contribution in [0.15, 0.2) is 12.1 Å². The molecule has 0 fully saturated rings. The van der Waals surface area contributed by atoms with Gasteiger partial charge in [0.2, 0.25) is 0 Å². The van der Waals surface area contributed by atoms with Crippen LogP contribution in [0.5, 0.6) is 0 Å². The van der Waals surface area contributed by atoms with E-state index in [-0.39, 0.29) is 0 Å². The van der Waals surface area contributed by atoms with Crippen LogP contribution in [-0.2, 0) is 4.79 Å². The average Bonchev–Trinajstić information content (AvgIpc) is 2.48. The first-order chi connectivity index (χ1) is 6.42. The molecule has 1 rings (SSSR count). The first kappa shape index (κ1) is 11.3. The summed E-state index contributed by atoms with van der Waals surface area (Å²) in [6.07, 6.45) is 0. The number of rotatable bonds is 4. The second kappa shape index (κ2) is 4.19. The molecule has 3 nitrogen and oxygen atoms in total. The van der Waals surface area contributed by atoms with Gasteiger partial charge in [-0.15, -0.1) is 11.3 Å². The molecule has 0 atom stereocenters. The van der Waals surface area contributed by atoms with Crippen LogP contribution in [0.2, 0.25) is 4.34 Å². The minimum atomic E-state index is -0.812. The highest BCUT2D eigenvalue weighted by molar-refractivity contribution is 7.19. The fraction of sp³-hybridized carbons (Fsp3) is 0.444. The predicted octanol–water partition coefficient (Wildman–Crippen LogP) is 2.92. The van der Waals surface area contributed by atoms with Crippen LogP contribution < -0.4 is 5.32 Å². The molecule has 14 heavy (non-hydrogen) atoms. The van der Waals surface area contributed by atoms with Crippen molar-refractivity contribution in [1.29, 1.82) is 0 Å². The predicted molar refractivity (Wildman–Crippen MR) is 59.2 cm³/mol. The number of aliphatic carboxylic acids is 1. The molecule has 0 spiro atoms. The van der Waals surface area contributed by atoms with Gasteiger partial charge in [0.1, 0.15) is 0 Å². The highest BCUT2D eigenvalue weighted by Gasteiger charge is 2.26. The lowest BCUT2D eigenvalue weighted by atomic mass is 9.94. The third kappa shape index (κ3) is 2.89. The van der Waals surface area contributed by atoms with Crippen molar-refractivity contribution < 1.29 is 9.90 Å². The number of nitrogens with one attached hydrogen (secondary N) is 1. The van der Waals surface area contributed by atoms with E-state index in [2.05, 4.69) is 5.32 Å². The second-order valence-electron chi connectivity index (χ2n) is 3.65. The number of carboxylic acids is 1. The molecular formula is C9H12ClNO2S. The van der Waals surface area contributed by atoms with E-state index in [0.29, 0.717) is 10.9 Å². The minimum absolute atomic E-state index is 0.388. The normalized spacial score (nSPS) is 11.4. The Hall–Kier alpha value is -0.740. The van der Waals surface area contributed by atoms with E-state index in [9.17, 15) is 4.79 Å². The Bertz CT molecular complexity index is 335. The third-order valence-corrected chi connectivity index (χ3v) is 3.05. The number of carboxylic acid groups (broad SMARTS) is 1. The standard InChI is InChI=1S/C9H12ClNO2S/c1-9(2,8(12)13)5-11-7-4-3-6(10)14-7/h3-4,11H,5H2,1-2H3,(H,12,13). The van der Waals surface area contributed by atoms with Crippen LogP contribution >= 0.6 is 22.9 Å². The SMILES string of the molecule is CC(C)(CNc1ccc(Cl)s1)C(=O)O. The topological polar surface area (TPSA) is 49.3 Å². The van der Waals surface area contributed by atoms with E-state index >= 15 is 0 Å². The van der Waals surface area contributed by atoms with E-state index in [1.165, 1.54) is 11.3 Å². The van der Waals surface area contributed by atoms with E-state index < -0.39 is 11.4 Å².